The van der Waals surface area contributed by atoms with E-state index >= 15 is 0 Å². The Kier molecular flexibility index (Phi) is 20.8. The summed E-state index contributed by atoms with van der Waals surface area (Å²) < 4.78 is 11.1. The van der Waals surface area contributed by atoms with Crippen LogP contribution in [0.2, 0.25) is 0 Å². The van der Waals surface area contributed by atoms with Crippen molar-refractivity contribution < 1.29 is 33.8 Å². The summed E-state index contributed by atoms with van der Waals surface area (Å²) in [6.07, 6.45) is 11.3. The average molecular weight is 491 g/mol. The zero-order valence-corrected chi connectivity index (χ0v) is 23.1. The number of unbranched alkanes of at least 4 members (excludes halogenated alkanes) is 4. The fourth-order valence-corrected chi connectivity index (χ4v) is 3.47. The van der Waals surface area contributed by atoms with Crippen LogP contribution in [0.15, 0.2) is 0 Å². The van der Waals surface area contributed by atoms with E-state index in [0.717, 1.165) is 77.0 Å². The highest BCUT2D eigenvalue weighted by Gasteiger charge is 2.29. The molecule has 0 saturated heterocycles. The third-order valence-corrected chi connectivity index (χ3v) is 6.25. The Morgan fingerprint density at radius 2 is 0.882 bits per heavy atom. The maximum Gasteiger partial charge on any atom is 0.508 e. The molecule has 0 aromatic heterocycles. The Morgan fingerprint density at radius 3 is 1.24 bits per heavy atom. The lowest BCUT2D eigenvalue weighted by molar-refractivity contribution is -0.298. The molecule has 7 nitrogen and oxygen atoms in total. The summed E-state index contributed by atoms with van der Waals surface area (Å²) in [6.45, 7) is 15.6. The summed E-state index contributed by atoms with van der Waals surface area (Å²) >= 11 is 0. The van der Waals surface area contributed by atoms with Gasteiger partial charge >= 0.3 is 6.16 Å². The highest BCUT2D eigenvalue weighted by molar-refractivity contribution is 5.59. The molecule has 204 valence electrons. The standard InChI is InChI=1S/C27H54O7/c1-7-11-15-26(5,17-21-33-31-19-13-9-3)23-29-25(28)30-24-27(6,16-12-8-2)18-22-34-32-20-14-10-4/h7-24H2,1-6H3. The van der Waals surface area contributed by atoms with E-state index in [1.54, 1.807) is 0 Å². The summed E-state index contributed by atoms with van der Waals surface area (Å²) in [5.74, 6) is 0. The predicted octanol–water partition coefficient (Wildman–Crippen LogP) is 7.81. The second kappa shape index (κ2) is 21.4. The van der Waals surface area contributed by atoms with Crippen LogP contribution in [0, 0.1) is 10.8 Å². The molecule has 0 aliphatic heterocycles. The van der Waals surface area contributed by atoms with Gasteiger partial charge in [-0.2, -0.15) is 0 Å². The van der Waals surface area contributed by atoms with E-state index in [4.69, 9.17) is 29.0 Å². The molecule has 34 heavy (non-hydrogen) atoms. The second-order valence-corrected chi connectivity index (χ2v) is 10.2. The highest BCUT2D eigenvalue weighted by Crippen LogP contribution is 2.31. The van der Waals surface area contributed by atoms with Gasteiger partial charge in [0, 0.05) is 10.8 Å². The third-order valence-electron chi connectivity index (χ3n) is 6.25. The molecule has 0 aromatic rings. The van der Waals surface area contributed by atoms with Crippen molar-refractivity contribution in [1.82, 2.24) is 0 Å². The molecule has 2 unspecified atom stereocenters. The molecule has 0 amide bonds. The van der Waals surface area contributed by atoms with Crippen LogP contribution in [0.5, 0.6) is 0 Å². The molecule has 0 heterocycles. The van der Waals surface area contributed by atoms with Gasteiger partial charge in [-0.15, -0.1) is 0 Å². The van der Waals surface area contributed by atoms with Gasteiger partial charge in [0.1, 0.15) is 13.2 Å². The summed E-state index contributed by atoms with van der Waals surface area (Å²) in [7, 11) is 0. The van der Waals surface area contributed by atoms with Crippen molar-refractivity contribution in [2.45, 2.75) is 119 Å². The monoisotopic (exact) mass is 490 g/mol. The molecule has 0 saturated carbocycles. The maximum absolute atomic E-state index is 12.4. The first-order valence-electron chi connectivity index (χ1n) is 13.6. The van der Waals surface area contributed by atoms with Crippen LogP contribution >= 0.6 is 0 Å². The fraction of sp³-hybridized carbons (Fsp3) is 0.963. The highest BCUT2D eigenvalue weighted by atomic mass is 17.2. The van der Waals surface area contributed by atoms with Gasteiger partial charge < -0.3 is 9.47 Å². The molecule has 0 aromatic carbocycles. The smallest absolute Gasteiger partial charge is 0.434 e. The number of ether oxygens (including phenoxy) is 2. The normalized spacial score (nSPS) is 15.0. The van der Waals surface area contributed by atoms with Crippen LogP contribution in [0.25, 0.3) is 0 Å². The van der Waals surface area contributed by atoms with Crippen molar-refractivity contribution in [3.05, 3.63) is 0 Å². The van der Waals surface area contributed by atoms with Crippen molar-refractivity contribution in [3.63, 3.8) is 0 Å². The van der Waals surface area contributed by atoms with Crippen LogP contribution in [-0.2, 0) is 29.0 Å². The second-order valence-electron chi connectivity index (χ2n) is 10.2. The van der Waals surface area contributed by atoms with Gasteiger partial charge in [-0.3, -0.25) is 0 Å². The lowest BCUT2D eigenvalue weighted by Gasteiger charge is -2.30. The molecule has 0 fully saturated rings. The number of carbonyl (C=O) groups excluding carboxylic acids is 1. The summed E-state index contributed by atoms with van der Waals surface area (Å²) in [6, 6.07) is 0. The summed E-state index contributed by atoms with van der Waals surface area (Å²) in [5.41, 5.74) is -0.337. The summed E-state index contributed by atoms with van der Waals surface area (Å²) in [4.78, 5) is 33.5. The van der Waals surface area contributed by atoms with Gasteiger partial charge in [0.2, 0.25) is 0 Å². The topological polar surface area (TPSA) is 72.5 Å². The largest absolute Gasteiger partial charge is 0.508 e. The zero-order valence-electron chi connectivity index (χ0n) is 23.1. The van der Waals surface area contributed by atoms with Crippen molar-refractivity contribution in [1.29, 1.82) is 0 Å². The minimum atomic E-state index is -0.606. The average Bonchev–Trinajstić information content (AvgIpc) is 2.83. The van der Waals surface area contributed by atoms with E-state index in [0.29, 0.717) is 39.6 Å². The lowest BCUT2D eigenvalue weighted by atomic mass is 9.83. The molecule has 0 bridgehead atoms. The number of hydrogen-bond donors (Lipinski definition) is 0. The van der Waals surface area contributed by atoms with E-state index in [-0.39, 0.29) is 10.8 Å². The van der Waals surface area contributed by atoms with E-state index in [1.165, 1.54) is 0 Å². The Bertz CT molecular complexity index is 434. The SMILES string of the molecule is CCCCOOCCC(C)(CCCC)COC(=O)OCC(C)(CCCC)CCOOCCCC. The van der Waals surface area contributed by atoms with Crippen LogP contribution < -0.4 is 0 Å². The Morgan fingerprint density at radius 1 is 0.529 bits per heavy atom. The Hall–Kier alpha value is -0.890. The molecule has 0 rings (SSSR count). The van der Waals surface area contributed by atoms with Gasteiger partial charge in [-0.25, -0.2) is 24.3 Å². The van der Waals surface area contributed by atoms with Crippen LogP contribution in [0.1, 0.15) is 119 Å². The lowest BCUT2D eigenvalue weighted by Crippen LogP contribution is -2.30. The zero-order chi connectivity index (χ0) is 25.5. The molecular formula is C27H54O7. The van der Waals surface area contributed by atoms with Gasteiger partial charge in [0.05, 0.1) is 26.4 Å². The van der Waals surface area contributed by atoms with Gasteiger partial charge in [-0.05, 0) is 38.5 Å². The third kappa shape index (κ3) is 18.4. The molecule has 0 radical (unpaired) electrons. The van der Waals surface area contributed by atoms with E-state index < -0.39 is 6.16 Å². The van der Waals surface area contributed by atoms with Crippen molar-refractivity contribution in [2.75, 3.05) is 39.6 Å². The molecule has 0 N–H and O–H groups in total. The number of carbonyl (C=O) groups is 1. The minimum absolute atomic E-state index is 0.168. The van der Waals surface area contributed by atoms with Crippen LogP contribution in [0.3, 0.4) is 0 Å². The van der Waals surface area contributed by atoms with Crippen LogP contribution in [-0.4, -0.2) is 45.8 Å². The minimum Gasteiger partial charge on any atom is -0.434 e. The molecule has 7 heteroatoms. The Labute approximate surface area is 209 Å². The summed E-state index contributed by atoms with van der Waals surface area (Å²) in [5, 5.41) is 0. The first-order chi connectivity index (χ1) is 16.3. The molecule has 2 atom stereocenters. The van der Waals surface area contributed by atoms with Gasteiger partial charge in [-0.1, -0.05) is 80.1 Å². The van der Waals surface area contributed by atoms with Crippen molar-refractivity contribution in [3.8, 4) is 0 Å². The van der Waals surface area contributed by atoms with E-state index in [2.05, 4.69) is 41.5 Å². The quantitative estimate of drug-likeness (QED) is 0.0591. The first-order valence-corrected chi connectivity index (χ1v) is 13.6. The van der Waals surface area contributed by atoms with Crippen molar-refractivity contribution >= 4 is 6.16 Å². The molecular weight excluding hydrogens is 436 g/mol. The van der Waals surface area contributed by atoms with E-state index in [9.17, 15) is 4.79 Å². The molecule has 0 aliphatic rings. The number of hydrogen-bond acceptors (Lipinski definition) is 7. The fourth-order valence-electron chi connectivity index (χ4n) is 3.47. The Balaban J connectivity index is 4.52. The molecule has 0 aliphatic carbocycles. The van der Waals surface area contributed by atoms with Crippen molar-refractivity contribution in [2.24, 2.45) is 10.8 Å². The van der Waals surface area contributed by atoms with E-state index in [1.807, 2.05) is 0 Å². The molecule has 0 spiro atoms. The first kappa shape index (κ1) is 33.1. The van der Waals surface area contributed by atoms with Gasteiger partial charge in [0.25, 0.3) is 0 Å². The van der Waals surface area contributed by atoms with Gasteiger partial charge in [0.15, 0.2) is 0 Å². The predicted molar refractivity (Wildman–Crippen MR) is 135 cm³/mol. The number of rotatable bonds is 24. The maximum atomic E-state index is 12.4. The van der Waals surface area contributed by atoms with Crippen LogP contribution in [0.4, 0.5) is 4.79 Å².